The maximum absolute atomic E-state index is 15.9. The van der Waals surface area contributed by atoms with E-state index in [1.807, 2.05) is 17.7 Å². The quantitative estimate of drug-likeness (QED) is 0.346. The van der Waals surface area contributed by atoms with Crippen LogP contribution in [0.5, 0.6) is 0 Å². The largest absolute Gasteiger partial charge is 0.478 e. The SMILES string of the molecule is CCN1[C@H]2Cc3c4ccc(C(=O)O)cc4nn3C2[C@H](c2cccc(Cl)c2F)[C@]12C(=O)Nc1cc(Cl)ccc12. The second-order valence-corrected chi connectivity index (χ2v) is 10.9. The molecule has 4 heterocycles. The summed E-state index contributed by atoms with van der Waals surface area (Å²) in [6, 6.07) is 14.5. The third kappa shape index (κ3) is 2.85. The Labute approximate surface area is 226 Å². The molecule has 0 bridgehead atoms. The van der Waals surface area contributed by atoms with Gasteiger partial charge in [0.05, 0.1) is 22.1 Å². The van der Waals surface area contributed by atoms with Gasteiger partial charge >= 0.3 is 5.97 Å². The van der Waals surface area contributed by atoms with E-state index in [1.165, 1.54) is 6.07 Å². The maximum atomic E-state index is 15.9. The van der Waals surface area contributed by atoms with E-state index in [-0.39, 0.29) is 22.5 Å². The Bertz CT molecular complexity index is 1710. The van der Waals surface area contributed by atoms with Crippen LogP contribution in [0.4, 0.5) is 10.1 Å². The van der Waals surface area contributed by atoms with E-state index >= 15 is 4.39 Å². The highest BCUT2D eigenvalue weighted by molar-refractivity contribution is 6.31. The number of carbonyl (C=O) groups excluding carboxylic acids is 1. The monoisotopic (exact) mass is 550 g/mol. The first-order chi connectivity index (χ1) is 18.3. The molecule has 1 saturated heterocycles. The molecule has 1 aromatic heterocycles. The van der Waals surface area contributed by atoms with Gasteiger partial charge in [-0.2, -0.15) is 5.10 Å². The van der Waals surface area contributed by atoms with Gasteiger partial charge in [0.1, 0.15) is 11.4 Å². The molecule has 0 radical (unpaired) electrons. The Morgan fingerprint density at radius 1 is 1.21 bits per heavy atom. The molecule has 3 aromatic carbocycles. The van der Waals surface area contributed by atoms with E-state index < -0.39 is 29.3 Å². The van der Waals surface area contributed by atoms with E-state index in [0.29, 0.717) is 34.8 Å². The van der Waals surface area contributed by atoms with Crippen molar-refractivity contribution in [3.63, 3.8) is 0 Å². The predicted molar refractivity (Wildman–Crippen MR) is 142 cm³/mol. The van der Waals surface area contributed by atoms with Gasteiger partial charge in [0.25, 0.3) is 0 Å². The number of carboxylic acids is 1. The summed E-state index contributed by atoms with van der Waals surface area (Å²) < 4.78 is 17.7. The number of fused-ring (bicyclic) bond motifs is 7. The van der Waals surface area contributed by atoms with Gasteiger partial charge in [0.2, 0.25) is 5.91 Å². The number of rotatable bonds is 3. The number of benzene rings is 3. The van der Waals surface area contributed by atoms with Gasteiger partial charge in [-0.1, -0.05) is 54.4 Å². The summed E-state index contributed by atoms with van der Waals surface area (Å²) in [5.74, 6) is -2.53. The highest BCUT2D eigenvalue weighted by Gasteiger charge is 2.69. The lowest BCUT2D eigenvalue weighted by Gasteiger charge is -2.39. The molecule has 38 heavy (non-hydrogen) atoms. The minimum atomic E-state index is -1.22. The average Bonchev–Trinajstić information content (AvgIpc) is 3.57. The molecule has 7 rings (SSSR count). The number of anilines is 1. The minimum absolute atomic E-state index is 0.0196. The number of amides is 1. The van der Waals surface area contributed by atoms with Crippen LogP contribution in [0.15, 0.2) is 54.6 Å². The van der Waals surface area contributed by atoms with Gasteiger partial charge in [-0.25, -0.2) is 9.18 Å². The number of carboxylic acid groups (broad SMARTS) is 1. The third-order valence-electron chi connectivity index (χ3n) is 8.42. The number of hydrogen-bond donors (Lipinski definition) is 2. The number of hydrogen-bond acceptors (Lipinski definition) is 4. The Balaban J connectivity index is 1.53. The zero-order valence-corrected chi connectivity index (χ0v) is 21.6. The van der Waals surface area contributed by atoms with Crippen LogP contribution in [-0.4, -0.2) is 44.3 Å². The first kappa shape index (κ1) is 23.6. The fourth-order valence-electron chi connectivity index (χ4n) is 7.11. The fraction of sp³-hybridized carbons (Fsp3) is 0.250. The molecule has 1 fully saturated rings. The van der Waals surface area contributed by atoms with Gasteiger partial charge in [-0.3, -0.25) is 14.4 Å². The summed E-state index contributed by atoms with van der Waals surface area (Å²) in [4.78, 5) is 27.8. The number of aromatic carboxylic acids is 1. The zero-order chi connectivity index (χ0) is 26.5. The van der Waals surface area contributed by atoms with Crippen molar-refractivity contribution in [3.8, 4) is 0 Å². The molecule has 1 spiro atoms. The Morgan fingerprint density at radius 2 is 2.03 bits per heavy atom. The molecule has 7 nitrogen and oxygen atoms in total. The van der Waals surface area contributed by atoms with Crippen molar-refractivity contribution in [1.82, 2.24) is 14.7 Å². The first-order valence-corrected chi connectivity index (χ1v) is 13.1. The zero-order valence-electron chi connectivity index (χ0n) is 20.1. The molecule has 2 N–H and O–H groups in total. The lowest BCUT2D eigenvalue weighted by Crippen LogP contribution is -2.52. The van der Waals surface area contributed by atoms with Gasteiger partial charge in [-0.05, 0) is 42.4 Å². The Hall–Kier alpha value is -3.46. The predicted octanol–water partition coefficient (Wildman–Crippen LogP) is 5.61. The van der Waals surface area contributed by atoms with Crippen molar-refractivity contribution in [2.24, 2.45) is 0 Å². The van der Waals surface area contributed by atoms with Crippen molar-refractivity contribution in [1.29, 1.82) is 0 Å². The highest BCUT2D eigenvalue weighted by Crippen LogP contribution is 2.63. The first-order valence-electron chi connectivity index (χ1n) is 12.3. The molecule has 1 amide bonds. The number of likely N-dealkylation sites (N-methyl/N-ethyl adjacent to an activating group) is 1. The van der Waals surface area contributed by atoms with Crippen molar-refractivity contribution in [2.45, 2.75) is 36.9 Å². The summed E-state index contributed by atoms with van der Waals surface area (Å²) in [7, 11) is 0. The highest BCUT2D eigenvalue weighted by atomic mass is 35.5. The lowest BCUT2D eigenvalue weighted by atomic mass is 9.73. The molecule has 4 atom stereocenters. The van der Waals surface area contributed by atoms with Crippen LogP contribution >= 0.6 is 23.2 Å². The molecule has 3 aliphatic heterocycles. The van der Waals surface area contributed by atoms with Crippen LogP contribution in [-0.2, 0) is 16.8 Å². The number of nitrogens with one attached hydrogen (secondary N) is 1. The topological polar surface area (TPSA) is 87.5 Å². The lowest BCUT2D eigenvalue weighted by molar-refractivity contribution is -0.127. The molecule has 3 aliphatic rings. The van der Waals surface area contributed by atoms with Crippen LogP contribution in [0.1, 0.15) is 46.1 Å². The number of carbonyl (C=O) groups is 2. The van der Waals surface area contributed by atoms with Gasteiger partial charge in [0, 0.05) is 45.7 Å². The number of likely N-dealkylation sites (tertiary alicyclic amines) is 1. The van der Waals surface area contributed by atoms with E-state index in [9.17, 15) is 14.7 Å². The van der Waals surface area contributed by atoms with Gasteiger partial charge in [0.15, 0.2) is 0 Å². The van der Waals surface area contributed by atoms with E-state index in [0.717, 1.165) is 16.6 Å². The molecular formula is C28H21Cl2FN4O3. The molecule has 0 saturated carbocycles. The number of nitrogens with zero attached hydrogens (tertiary/aromatic N) is 3. The summed E-state index contributed by atoms with van der Waals surface area (Å²) in [5.41, 5.74) is 2.07. The average molecular weight is 551 g/mol. The van der Waals surface area contributed by atoms with E-state index in [4.69, 9.17) is 28.3 Å². The molecule has 1 unspecified atom stereocenters. The van der Waals surface area contributed by atoms with Crippen molar-refractivity contribution >= 4 is 51.7 Å². The molecule has 4 aromatic rings. The maximum Gasteiger partial charge on any atom is 0.335 e. The molecule has 192 valence electrons. The van der Waals surface area contributed by atoms with Crippen LogP contribution in [0, 0.1) is 5.82 Å². The van der Waals surface area contributed by atoms with Crippen molar-refractivity contribution in [2.75, 3.05) is 11.9 Å². The summed E-state index contributed by atoms with van der Waals surface area (Å²) in [6.45, 7) is 2.52. The third-order valence-corrected chi connectivity index (χ3v) is 8.94. The molecular weight excluding hydrogens is 530 g/mol. The fourth-order valence-corrected chi connectivity index (χ4v) is 7.46. The Morgan fingerprint density at radius 3 is 2.79 bits per heavy atom. The van der Waals surface area contributed by atoms with Crippen molar-refractivity contribution in [3.05, 3.63) is 92.8 Å². The van der Waals surface area contributed by atoms with E-state index in [1.54, 1.807) is 42.5 Å². The smallest absolute Gasteiger partial charge is 0.335 e. The Kier molecular flexibility index (Phi) is 4.99. The van der Waals surface area contributed by atoms with Crippen LogP contribution in [0.3, 0.4) is 0 Å². The molecule has 10 heteroatoms. The van der Waals surface area contributed by atoms with Gasteiger partial charge < -0.3 is 10.4 Å². The van der Waals surface area contributed by atoms with Crippen LogP contribution in [0.2, 0.25) is 10.0 Å². The second kappa shape index (κ2) is 8.02. The van der Waals surface area contributed by atoms with Crippen LogP contribution in [0.25, 0.3) is 10.9 Å². The van der Waals surface area contributed by atoms with E-state index in [2.05, 4.69) is 10.2 Å². The normalized spacial score (nSPS) is 25.6. The van der Waals surface area contributed by atoms with Crippen LogP contribution < -0.4 is 5.32 Å². The summed E-state index contributed by atoms with van der Waals surface area (Å²) >= 11 is 12.6. The number of halogens is 3. The molecule has 0 aliphatic carbocycles. The standard InChI is InChI=1S/C28H21Cl2FN4O3/c1-2-34-22-12-21-15-8-6-13(26(36)37)10-19(15)33-35(21)25(22)23(16-4-3-5-18(30)24(16)31)28(34)17-9-7-14(29)11-20(17)32-27(28)38/h3-11,22-23,25H,2,12H2,1H3,(H,32,38)(H,36,37)/t22-,23-,25?,28+/m0/s1. The van der Waals surface area contributed by atoms with Crippen molar-refractivity contribution < 1.29 is 19.1 Å². The summed E-state index contributed by atoms with van der Waals surface area (Å²) in [5, 5.41) is 18.7. The number of aromatic nitrogens is 2. The summed E-state index contributed by atoms with van der Waals surface area (Å²) in [6.07, 6.45) is 0.568. The second-order valence-electron chi connectivity index (χ2n) is 10.0. The minimum Gasteiger partial charge on any atom is -0.478 e. The van der Waals surface area contributed by atoms with Gasteiger partial charge in [-0.15, -0.1) is 0 Å².